The Kier molecular flexibility index (Phi) is 9.94. The minimum atomic E-state index is -0.678. The maximum absolute atomic E-state index is 12.2. The van der Waals surface area contributed by atoms with Crippen molar-refractivity contribution in [3.8, 4) is 0 Å². The Bertz CT molecular complexity index is 1000. The molecule has 36 heavy (non-hydrogen) atoms. The minimum Gasteiger partial charge on any atom is -0.458 e. The predicted octanol–water partition coefficient (Wildman–Crippen LogP) is 2.76. The average molecular weight is 499 g/mol. The van der Waals surface area contributed by atoms with Crippen LogP contribution in [0.1, 0.15) is 64.1 Å². The highest BCUT2D eigenvalue weighted by Gasteiger charge is 2.14. The zero-order valence-corrected chi connectivity index (χ0v) is 22.0. The van der Waals surface area contributed by atoms with Crippen molar-refractivity contribution in [1.82, 2.24) is 20.6 Å². The number of rotatable bonds is 10. The molecule has 0 bridgehead atoms. The van der Waals surface area contributed by atoms with E-state index in [4.69, 9.17) is 20.9 Å². The predicted molar refractivity (Wildman–Crippen MR) is 139 cm³/mol. The number of ether oxygens (including phenoxy) is 2. The monoisotopic (exact) mass is 498 g/mol. The molecule has 2 aromatic rings. The lowest BCUT2D eigenvalue weighted by atomic mass is 10.1. The highest BCUT2D eigenvalue weighted by molar-refractivity contribution is 5.91. The van der Waals surface area contributed by atoms with Crippen LogP contribution in [-0.2, 0) is 45.4 Å². The molecule has 0 amide bonds. The van der Waals surface area contributed by atoms with Gasteiger partial charge < -0.3 is 31.6 Å². The summed E-state index contributed by atoms with van der Waals surface area (Å²) in [6.07, 6.45) is 2.06. The molecular weight excluding hydrogens is 460 g/mol. The molecule has 0 radical (unpaired) electrons. The largest absolute Gasteiger partial charge is 0.458 e. The van der Waals surface area contributed by atoms with Crippen LogP contribution in [0, 0.1) is 0 Å². The number of hydrogen-bond acceptors (Lipinski definition) is 10. The van der Waals surface area contributed by atoms with Crippen molar-refractivity contribution >= 4 is 23.6 Å². The molecule has 196 valence electrons. The Hall–Kier alpha value is -3.50. The summed E-state index contributed by atoms with van der Waals surface area (Å²) < 4.78 is 10.6. The van der Waals surface area contributed by atoms with Gasteiger partial charge in [-0.1, -0.05) is 12.1 Å². The van der Waals surface area contributed by atoms with Gasteiger partial charge in [0.15, 0.2) is 0 Å². The summed E-state index contributed by atoms with van der Waals surface area (Å²) in [7, 11) is 0. The number of nitrogens with zero attached hydrogens (tertiary/aromatic N) is 2. The fraction of sp³-hybridized carbons (Fsp3) is 0.462. The summed E-state index contributed by atoms with van der Waals surface area (Å²) in [5, 5.41) is 6.67. The SMILES string of the molecule is CC(C)(C)NCc1nc(N)ccc1COC(=O)/C=C\C(=O)OCc1ccc(N)nc1CNC(C)(C)C. The van der Waals surface area contributed by atoms with Gasteiger partial charge in [-0.05, 0) is 53.7 Å². The molecule has 0 spiro atoms. The van der Waals surface area contributed by atoms with Crippen molar-refractivity contribution in [2.75, 3.05) is 11.5 Å². The number of aromatic nitrogens is 2. The third-order valence-electron chi connectivity index (χ3n) is 4.85. The number of nitrogen functional groups attached to an aromatic ring is 2. The molecule has 0 unspecified atom stereocenters. The number of nitrogens with two attached hydrogens (primary N) is 2. The topological polar surface area (TPSA) is 154 Å². The number of esters is 2. The quantitative estimate of drug-likeness (QED) is 0.284. The first-order valence-corrected chi connectivity index (χ1v) is 11.7. The molecule has 2 heterocycles. The van der Waals surface area contributed by atoms with Crippen LogP contribution >= 0.6 is 0 Å². The van der Waals surface area contributed by atoms with E-state index in [1.807, 2.05) is 41.5 Å². The molecule has 2 aromatic heterocycles. The van der Waals surface area contributed by atoms with Crippen molar-refractivity contribution in [3.05, 3.63) is 58.9 Å². The number of hydrogen-bond donors (Lipinski definition) is 4. The van der Waals surface area contributed by atoms with Gasteiger partial charge in [-0.15, -0.1) is 0 Å². The van der Waals surface area contributed by atoms with E-state index in [0.29, 0.717) is 36.1 Å². The first kappa shape index (κ1) is 28.7. The van der Waals surface area contributed by atoms with Crippen molar-refractivity contribution in [3.63, 3.8) is 0 Å². The Morgan fingerprint density at radius 2 is 1.11 bits per heavy atom. The molecule has 10 heteroatoms. The van der Waals surface area contributed by atoms with Crippen molar-refractivity contribution < 1.29 is 19.1 Å². The smallest absolute Gasteiger partial charge is 0.331 e. The van der Waals surface area contributed by atoms with Gasteiger partial charge in [0.1, 0.15) is 24.8 Å². The van der Waals surface area contributed by atoms with Crippen LogP contribution in [0.3, 0.4) is 0 Å². The van der Waals surface area contributed by atoms with E-state index in [2.05, 4.69) is 20.6 Å². The highest BCUT2D eigenvalue weighted by atomic mass is 16.5. The van der Waals surface area contributed by atoms with Gasteiger partial charge in [0.25, 0.3) is 0 Å². The van der Waals surface area contributed by atoms with Crippen molar-refractivity contribution in [2.24, 2.45) is 0 Å². The van der Waals surface area contributed by atoms with Gasteiger partial charge in [-0.25, -0.2) is 19.6 Å². The van der Waals surface area contributed by atoms with Crippen LogP contribution in [0.15, 0.2) is 36.4 Å². The summed E-state index contributed by atoms with van der Waals surface area (Å²) in [5.74, 6) is -0.593. The Morgan fingerprint density at radius 3 is 1.44 bits per heavy atom. The molecule has 0 saturated carbocycles. The van der Waals surface area contributed by atoms with E-state index in [0.717, 1.165) is 23.3 Å². The minimum absolute atomic E-state index is 0.00605. The van der Waals surface area contributed by atoms with E-state index < -0.39 is 11.9 Å². The van der Waals surface area contributed by atoms with Crippen molar-refractivity contribution in [1.29, 1.82) is 0 Å². The van der Waals surface area contributed by atoms with E-state index in [-0.39, 0.29) is 24.3 Å². The molecule has 0 aliphatic carbocycles. The Labute approximate surface area is 212 Å². The van der Waals surface area contributed by atoms with Gasteiger partial charge in [-0.3, -0.25) is 0 Å². The highest BCUT2D eigenvalue weighted by Crippen LogP contribution is 2.14. The molecule has 2 rings (SSSR count). The third kappa shape index (κ3) is 10.8. The lowest BCUT2D eigenvalue weighted by molar-refractivity contribution is -0.141. The molecule has 0 aliphatic heterocycles. The second-order valence-corrected chi connectivity index (χ2v) is 10.4. The number of carbonyl (C=O) groups is 2. The number of nitrogens with one attached hydrogen (secondary N) is 2. The van der Waals surface area contributed by atoms with E-state index in [9.17, 15) is 9.59 Å². The summed E-state index contributed by atoms with van der Waals surface area (Å²) in [4.78, 5) is 33.0. The van der Waals surface area contributed by atoms with E-state index >= 15 is 0 Å². The lowest BCUT2D eigenvalue weighted by Crippen LogP contribution is -2.35. The Balaban J connectivity index is 1.90. The number of pyridine rings is 2. The fourth-order valence-corrected chi connectivity index (χ4v) is 2.89. The van der Waals surface area contributed by atoms with Gasteiger partial charge >= 0.3 is 11.9 Å². The van der Waals surface area contributed by atoms with Crippen LogP contribution in [0.25, 0.3) is 0 Å². The van der Waals surface area contributed by atoms with Crippen molar-refractivity contribution in [2.45, 2.75) is 78.9 Å². The second-order valence-electron chi connectivity index (χ2n) is 10.4. The molecule has 0 aromatic carbocycles. The van der Waals surface area contributed by atoms with E-state index in [1.165, 1.54) is 0 Å². The lowest BCUT2D eigenvalue weighted by Gasteiger charge is -2.21. The summed E-state index contributed by atoms with van der Waals surface area (Å²) in [6, 6.07) is 6.82. The van der Waals surface area contributed by atoms with Crippen LogP contribution in [0.5, 0.6) is 0 Å². The maximum atomic E-state index is 12.2. The zero-order chi connectivity index (χ0) is 26.9. The van der Waals surface area contributed by atoms with Crippen LogP contribution in [0.2, 0.25) is 0 Å². The van der Waals surface area contributed by atoms with Crippen LogP contribution < -0.4 is 22.1 Å². The van der Waals surface area contributed by atoms with Crippen LogP contribution in [0.4, 0.5) is 11.6 Å². The summed E-state index contributed by atoms with van der Waals surface area (Å²) in [6.45, 7) is 13.2. The second kappa shape index (κ2) is 12.5. The normalized spacial score (nSPS) is 12.1. The Morgan fingerprint density at radius 1 is 0.750 bits per heavy atom. The van der Waals surface area contributed by atoms with Gasteiger partial charge in [0, 0.05) is 47.4 Å². The molecule has 0 saturated heterocycles. The molecule has 0 atom stereocenters. The summed E-state index contributed by atoms with van der Waals surface area (Å²) in [5.41, 5.74) is 14.2. The molecule has 0 aliphatic rings. The first-order chi connectivity index (χ1) is 16.7. The van der Waals surface area contributed by atoms with Crippen LogP contribution in [-0.4, -0.2) is 33.0 Å². The molecule has 10 nitrogen and oxygen atoms in total. The number of anilines is 2. The molecule has 6 N–H and O–H groups in total. The third-order valence-corrected chi connectivity index (χ3v) is 4.85. The van der Waals surface area contributed by atoms with Gasteiger partial charge in [-0.2, -0.15) is 0 Å². The van der Waals surface area contributed by atoms with E-state index in [1.54, 1.807) is 24.3 Å². The first-order valence-electron chi connectivity index (χ1n) is 11.7. The maximum Gasteiger partial charge on any atom is 0.331 e. The summed E-state index contributed by atoms with van der Waals surface area (Å²) >= 11 is 0. The zero-order valence-electron chi connectivity index (χ0n) is 22.0. The molecule has 0 fully saturated rings. The van der Waals surface area contributed by atoms with Gasteiger partial charge in [0.05, 0.1) is 11.4 Å². The standard InChI is InChI=1S/C26H38N6O4/c1-25(2,3)29-13-19-17(7-9-21(27)31-19)15-35-23(33)11-12-24(34)36-16-18-8-10-22(28)32-20(18)14-30-26(4,5)6/h7-12,29-30H,13-16H2,1-6H3,(H2,27,31)(H2,28,32)/b12-11-. The molecular formula is C26H38N6O4. The fourth-order valence-electron chi connectivity index (χ4n) is 2.89. The average Bonchev–Trinajstić information content (AvgIpc) is 2.77. The number of carbonyl (C=O) groups excluding carboxylic acids is 2. The van der Waals surface area contributed by atoms with Gasteiger partial charge in [0.2, 0.25) is 0 Å².